The van der Waals surface area contributed by atoms with Crippen LogP contribution < -0.4 is 4.74 Å². The SMILES string of the molecule is COc1ccc(Cl)cc1C(O)c1ccc2c(c1)CCC2. The van der Waals surface area contributed by atoms with Crippen LogP contribution in [0.25, 0.3) is 0 Å². The molecule has 2 aromatic carbocycles. The maximum Gasteiger partial charge on any atom is 0.125 e. The van der Waals surface area contributed by atoms with Gasteiger partial charge in [-0.25, -0.2) is 0 Å². The molecular weight excluding hydrogens is 272 g/mol. The zero-order valence-corrected chi connectivity index (χ0v) is 12.2. The average molecular weight is 289 g/mol. The van der Waals surface area contributed by atoms with Gasteiger partial charge in [0.15, 0.2) is 0 Å². The number of fused-ring (bicyclic) bond motifs is 1. The Morgan fingerprint density at radius 3 is 2.70 bits per heavy atom. The van der Waals surface area contributed by atoms with Crippen LogP contribution in [0.3, 0.4) is 0 Å². The summed E-state index contributed by atoms with van der Waals surface area (Å²) >= 11 is 6.03. The maximum absolute atomic E-state index is 10.6. The molecule has 1 atom stereocenters. The summed E-state index contributed by atoms with van der Waals surface area (Å²) in [5.41, 5.74) is 4.35. The van der Waals surface area contributed by atoms with E-state index < -0.39 is 6.10 Å². The molecule has 0 saturated carbocycles. The number of aliphatic hydroxyl groups is 1. The van der Waals surface area contributed by atoms with Crippen LogP contribution in [0.2, 0.25) is 5.02 Å². The Kier molecular flexibility index (Phi) is 3.68. The van der Waals surface area contributed by atoms with E-state index in [1.54, 1.807) is 25.3 Å². The van der Waals surface area contributed by atoms with Gasteiger partial charge in [0.05, 0.1) is 7.11 Å². The molecule has 0 amide bonds. The number of rotatable bonds is 3. The van der Waals surface area contributed by atoms with E-state index in [2.05, 4.69) is 12.1 Å². The van der Waals surface area contributed by atoms with Gasteiger partial charge in [0.1, 0.15) is 11.9 Å². The number of ether oxygens (including phenoxy) is 1. The van der Waals surface area contributed by atoms with E-state index in [9.17, 15) is 5.11 Å². The van der Waals surface area contributed by atoms with Gasteiger partial charge in [0.2, 0.25) is 0 Å². The third-order valence-electron chi connectivity index (χ3n) is 3.92. The van der Waals surface area contributed by atoms with Gasteiger partial charge >= 0.3 is 0 Å². The second-order valence-corrected chi connectivity index (χ2v) is 5.61. The molecule has 0 bridgehead atoms. The number of aryl methyl sites for hydroxylation is 2. The van der Waals surface area contributed by atoms with Crippen LogP contribution in [-0.4, -0.2) is 12.2 Å². The van der Waals surface area contributed by atoms with Gasteiger partial charge in [-0.1, -0.05) is 29.8 Å². The van der Waals surface area contributed by atoms with Crippen LogP contribution in [0.4, 0.5) is 0 Å². The molecule has 1 unspecified atom stereocenters. The highest BCUT2D eigenvalue weighted by Gasteiger charge is 2.18. The number of hydrogen-bond acceptors (Lipinski definition) is 2. The van der Waals surface area contributed by atoms with Crippen molar-refractivity contribution in [1.29, 1.82) is 0 Å². The lowest BCUT2D eigenvalue weighted by Crippen LogP contribution is -2.03. The highest BCUT2D eigenvalue weighted by molar-refractivity contribution is 6.30. The van der Waals surface area contributed by atoms with Crippen LogP contribution in [-0.2, 0) is 12.8 Å². The quantitative estimate of drug-likeness (QED) is 0.927. The first-order chi connectivity index (χ1) is 9.69. The predicted octanol–water partition coefficient (Wildman–Crippen LogP) is 3.92. The van der Waals surface area contributed by atoms with Gasteiger partial charge in [0.25, 0.3) is 0 Å². The van der Waals surface area contributed by atoms with Crippen molar-refractivity contribution in [2.75, 3.05) is 7.11 Å². The third kappa shape index (κ3) is 2.41. The Morgan fingerprint density at radius 1 is 1.10 bits per heavy atom. The summed E-state index contributed by atoms with van der Waals surface area (Å²) in [7, 11) is 1.60. The molecule has 1 aliphatic carbocycles. The van der Waals surface area contributed by atoms with Crippen molar-refractivity contribution >= 4 is 11.6 Å². The molecule has 3 heteroatoms. The first-order valence-electron chi connectivity index (χ1n) is 6.82. The van der Waals surface area contributed by atoms with Crippen molar-refractivity contribution in [2.45, 2.75) is 25.4 Å². The number of halogens is 1. The number of hydrogen-bond donors (Lipinski definition) is 1. The summed E-state index contributed by atoms with van der Waals surface area (Å²) in [6, 6.07) is 11.5. The van der Waals surface area contributed by atoms with Gasteiger partial charge in [-0.2, -0.15) is 0 Å². The van der Waals surface area contributed by atoms with Crippen LogP contribution in [0, 0.1) is 0 Å². The third-order valence-corrected chi connectivity index (χ3v) is 4.16. The predicted molar refractivity (Wildman–Crippen MR) is 80.5 cm³/mol. The Bertz CT molecular complexity index is 637. The monoisotopic (exact) mass is 288 g/mol. The van der Waals surface area contributed by atoms with Crippen LogP contribution in [0.15, 0.2) is 36.4 Å². The summed E-state index contributed by atoms with van der Waals surface area (Å²) in [4.78, 5) is 0. The minimum Gasteiger partial charge on any atom is -0.496 e. The largest absolute Gasteiger partial charge is 0.496 e. The van der Waals surface area contributed by atoms with Gasteiger partial charge in [-0.15, -0.1) is 0 Å². The van der Waals surface area contributed by atoms with Crippen LogP contribution >= 0.6 is 11.6 Å². The maximum atomic E-state index is 10.6. The molecule has 3 rings (SSSR count). The first-order valence-corrected chi connectivity index (χ1v) is 7.20. The molecule has 0 saturated heterocycles. The molecule has 104 valence electrons. The zero-order valence-electron chi connectivity index (χ0n) is 11.4. The fraction of sp³-hybridized carbons (Fsp3) is 0.294. The Labute approximate surface area is 124 Å². The van der Waals surface area contributed by atoms with Crippen molar-refractivity contribution in [2.24, 2.45) is 0 Å². The molecular formula is C17H17ClO2. The van der Waals surface area contributed by atoms with Crippen molar-refractivity contribution in [3.8, 4) is 5.75 Å². The molecule has 2 nitrogen and oxygen atoms in total. The van der Waals surface area contributed by atoms with E-state index in [1.165, 1.54) is 17.5 Å². The molecule has 1 aliphatic rings. The molecule has 0 heterocycles. The lowest BCUT2D eigenvalue weighted by molar-refractivity contribution is 0.214. The van der Waals surface area contributed by atoms with Crippen molar-refractivity contribution in [3.05, 3.63) is 63.7 Å². The van der Waals surface area contributed by atoms with Gasteiger partial charge in [0, 0.05) is 10.6 Å². The molecule has 0 aliphatic heterocycles. The van der Waals surface area contributed by atoms with E-state index in [0.29, 0.717) is 16.3 Å². The number of benzene rings is 2. The van der Waals surface area contributed by atoms with Crippen LogP contribution in [0.1, 0.15) is 34.8 Å². The summed E-state index contributed by atoms with van der Waals surface area (Å²) in [5, 5.41) is 11.2. The average Bonchev–Trinajstić information content (AvgIpc) is 2.93. The van der Waals surface area contributed by atoms with Gasteiger partial charge < -0.3 is 9.84 Å². The molecule has 2 aromatic rings. The standard InChI is InChI=1S/C17H17ClO2/c1-20-16-8-7-14(18)10-15(16)17(19)13-6-5-11-3-2-4-12(11)9-13/h5-10,17,19H,2-4H2,1H3. The minimum atomic E-state index is -0.713. The minimum absolute atomic E-state index is 0.598. The molecule has 20 heavy (non-hydrogen) atoms. The summed E-state index contributed by atoms with van der Waals surface area (Å²) in [6.45, 7) is 0. The fourth-order valence-corrected chi connectivity index (χ4v) is 3.04. The molecule has 0 spiro atoms. The summed E-state index contributed by atoms with van der Waals surface area (Å²) in [6.07, 6.45) is 2.74. The summed E-state index contributed by atoms with van der Waals surface area (Å²) in [5.74, 6) is 0.655. The van der Waals surface area contributed by atoms with E-state index in [0.717, 1.165) is 18.4 Å². The normalized spacial score (nSPS) is 14.9. The molecule has 0 aromatic heterocycles. The van der Waals surface area contributed by atoms with Gasteiger partial charge in [-0.3, -0.25) is 0 Å². The fourth-order valence-electron chi connectivity index (χ4n) is 2.86. The highest BCUT2D eigenvalue weighted by Crippen LogP contribution is 2.34. The highest BCUT2D eigenvalue weighted by atomic mass is 35.5. The lowest BCUT2D eigenvalue weighted by Gasteiger charge is -2.16. The smallest absolute Gasteiger partial charge is 0.125 e. The van der Waals surface area contributed by atoms with Gasteiger partial charge in [-0.05, 0) is 54.2 Å². The van der Waals surface area contributed by atoms with E-state index in [4.69, 9.17) is 16.3 Å². The van der Waals surface area contributed by atoms with Crippen molar-refractivity contribution < 1.29 is 9.84 Å². The van der Waals surface area contributed by atoms with E-state index >= 15 is 0 Å². The van der Waals surface area contributed by atoms with Crippen molar-refractivity contribution in [1.82, 2.24) is 0 Å². The Balaban J connectivity index is 2.00. The second kappa shape index (κ2) is 5.47. The lowest BCUT2D eigenvalue weighted by atomic mass is 9.97. The Morgan fingerprint density at radius 2 is 1.90 bits per heavy atom. The van der Waals surface area contributed by atoms with Crippen LogP contribution in [0.5, 0.6) is 5.75 Å². The number of methoxy groups -OCH3 is 1. The van der Waals surface area contributed by atoms with E-state index in [1.807, 2.05) is 6.07 Å². The van der Waals surface area contributed by atoms with E-state index in [-0.39, 0.29) is 0 Å². The molecule has 0 fully saturated rings. The first kappa shape index (κ1) is 13.5. The Hall–Kier alpha value is -1.51. The topological polar surface area (TPSA) is 29.5 Å². The van der Waals surface area contributed by atoms with Crippen molar-refractivity contribution in [3.63, 3.8) is 0 Å². The number of aliphatic hydroxyl groups excluding tert-OH is 1. The summed E-state index contributed by atoms with van der Waals surface area (Å²) < 4.78 is 5.32. The second-order valence-electron chi connectivity index (χ2n) is 5.17. The molecule has 1 N–H and O–H groups in total. The molecule has 0 radical (unpaired) electrons. The zero-order chi connectivity index (χ0) is 14.1.